The standard InChI is InChI=1S/C8H16FNS/c1-10-5-2-3-8(9,7-10)4-6-11/h11H,2-7H2,1H3/t8-/m1/s1. The van der Waals surface area contributed by atoms with Crippen molar-refractivity contribution in [3.8, 4) is 0 Å². The summed E-state index contributed by atoms with van der Waals surface area (Å²) in [6, 6.07) is 0. The van der Waals surface area contributed by atoms with Gasteiger partial charge in [-0.25, -0.2) is 4.39 Å². The second kappa shape index (κ2) is 3.76. The number of likely N-dealkylation sites (tertiary alicyclic amines) is 1. The van der Waals surface area contributed by atoms with Crippen molar-refractivity contribution in [2.24, 2.45) is 0 Å². The van der Waals surface area contributed by atoms with Crippen LogP contribution < -0.4 is 0 Å². The smallest absolute Gasteiger partial charge is 0.124 e. The van der Waals surface area contributed by atoms with E-state index < -0.39 is 5.67 Å². The van der Waals surface area contributed by atoms with Crippen LogP contribution in [0.25, 0.3) is 0 Å². The van der Waals surface area contributed by atoms with Gasteiger partial charge in [-0.1, -0.05) is 0 Å². The normalized spacial score (nSPS) is 34.1. The monoisotopic (exact) mass is 177 g/mol. The SMILES string of the molecule is CN1CCC[C@@](F)(CCS)C1. The lowest BCUT2D eigenvalue weighted by Crippen LogP contribution is -2.43. The second-order valence-corrected chi connectivity index (χ2v) is 3.91. The number of alkyl halides is 1. The number of thiol groups is 1. The van der Waals surface area contributed by atoms with Gasteiger partial charge >= 0.3 is 0 Å². The van der Waals surface area contributed by atoms with Crippen molar-refractivity contribution in [1.82, 2.24) is 4.90 Å². The molecule has 1 aliphatic heterocycles. The fraction of sp³-hybridized carbons (Fsp3) is 1.00. The van der Waals surface area contributed by atoms with E-state index in [1.807, 2.05) is 7.05 Å². The molecule has 0 bridgehead atoms. The van der Waals surface area contributed by atoms with Crippen LogP contribution >= 0.6 is 12.6 Å². The van der Waals surface area contributed by atoms with Gasteiger partial charge in [-0.05, 0) is 38.6 Å². The first-order chi connectivity index (χ1) is 5.16. The first kappa shape index (κ1) is 9.33. The zero-order valence-electron chi connectivity index (χ0n) is 7.02. The van der Waals surface area contributed by atoms with E-state index >= 15 is 0 Å². The van der Waals surface area contributed by atoms with Gasteiger partial charge in [-0.2, -0.15) is 12.6 Å². The molecule has 1 aliphatic rings. The number of piperidine rings is 1. The second-order valence-electron chi connectivity index (χ2n) is 3.47. The first-order valence-corrected chi connectivity index (χ1v) is 4.78. The van der Waals surface area contributed by atoms with E-state index in [9.17, 15) is 4.39 Å². The predicted octanol–water partition coefficient (Wildman–Crippen LogP) is 1.74. The van der Waals surface area contributed by atoms with Crippen molar-refractivity contribution in [2.75, 3.05) is 25.9 Å². The van der Waals surface area contributed by atoms with E-state index in [4.69, 9.17) is 0 Å². The van der Waals surface area contributed by atoms with Crippen molar-refractivity contribution in [1.29, 1.82) is 0 Å². The van der Waals surface area contributed by atoms with Gasteiger partial charge in [0.1, 0.15) is 5.67 Å². The molecule has 1 fully saturated rings. The number of hydrogen-bond acceptors (Lipinski definition) is 2. The van der Waals surface area contributed by atoms with Gasteiger partial charge in [0.25, 0.3) is 0 Å². The molecule has 1 saturated heterocycles. The molecule has 1 heterocycles. The summed E-state index contributed by atoms with van der Waals surface area (Å²) in [6.07, 6.45) is 2.30. The van der Waals surface area contributed by atoms with Crippen LogP contribution in [0.3, 0.4) is 0 Å². The Morgan fingerprint density at radius 2 is 2.36 bits per heavy atom. The Balaban J connectivity index is 2.41. The molecule has 0 radical (unpaired) electrons. The summed E-state index contributed by atoms with van der Waals surface area (Å²) in [5, 5.41) is 0. The number of halogens is 1. The highest BCUT2D eigenvalue weighted by Gasteiger charge is 2.32. The molecule has 0 aromatic heterocycles. The fourth-order valence-corrected chi connectivity index (χ4v) is 2.11. The third-order valence-electron chi connectivity index (χ3n) is 2.28. The van der Waals surface area contributed by atoms with Crippen LogP contribution in [-0.2, 0) is 0 Å². The molecule has 0 aromatic rings. The molecule has 0 amide bonds. The summed E-state index contributed by atoms with van der Waals surface area (Å²) in [4.78, 5) is 2.06. The molecule has 0 aliphatic carbocycles. The largest absolute Gasteiger partial charge is 0.303 e. The van der Waals surface area contributed by atoms with Gasteiger partial charge in [0.2, 0.25) is 0 Å². The molecule has 0 unspecified atom stereocenters. The van der Waals surface area contributed by atoms with Crippen LogP contribution in [0.1, 0.15) is 19.3 Å². The summed E-state index contributed by atoms with van der Waals surface area (Å²) < 4.78 is 13.7. The Morgan fingerprint density at radius 1 is 1.64 bits per heavy atom. The summed E-state index contributed by atoms with van der Waals surface area (Å²) >= 11 is 4.06. The van der Waals surface area contributed by atoms with Crippen molar-refractivity contribution in [2.45, 2.75) is 24.9 Å². The Hall–Kier alpha value is 0.240. The van der Waals surface area contributed by atoms with Gasteiger partial charge in [-0.15, -0.1) is 0 Å². The van der Waals surface area contributed by atoms with Crippen LogP contribution in [0.4, 0.5) is 4.39 Å². The molecule has 0 N–H and O–H groups in total. The fourth-order valence-electron chi connectivity index (χ4n) is 1.71. The van der Waals surface area contributed by atoms with Gasteiger partial charge < -0.3 is 4.90 Å². The topological polar surface area (TPSA) is 3.24 Å². The van der Waals surface area contributed by atoms with E-state index in [1.165, 1.54) is 0 Å². The Morgan fingerprint density at radius 3 is 2.91 bits per heavy atom. The third-order valence-corrected chi connectivity index (χ3v) is 2.50. The van der Waals surface area contributed by atoms with E-state index in [2.05, 4.69) is 17.5 Å². The minimum absolute atomic E-state index is 0.591. The maximum absolute atomic E-state index is 13.7. The van der Waals surface area contributed by atoms with Gasteiger partial charge in [-0.3, -0.25) is 0 Å². The highest BCUT2D eigenvalue weighted by Crippen LogP contribution is 2.27. The van der Waals surface area contributed by atoms with Crippen LogP contribution in [0.5, 0.6) is 0 Å². The van der Waals surface area contributed by atoms with Gasteiger partial charge in [0, 0.05) is 6.54 Å². The lowest BCUT2D eigenvalue weighted by atomic mass is 9.92. The maximum atomic E-state index is 13.7. The molecular formula is C8H16FNS. The van der Waals surface area contributed by atoms with Crippen molar-refractivity contribution < 1.29 is 4.39 Å². The van der Waals surface area contributed by atoms with Crippen molar-refractivity contribution in [3.63, 3.8) is 0 Å². The highest BCUT2D eigenvalue weighted by molar-refractivity contribution is 7.80. The summed E-state index contributed by atoms with van der Waals surface area (Å²) in [6.45, 7) is 1.63. The number of rotatable bonds is 2. The van der Waals surface area contributed by atoms with E-state index in [0.717, 1.165) is 19.4 Å². The van der Waals surface area contributed by atoms with E-state index in [-0.39, 0.29) is 0 Å². The third kappa shape index (κ3) is 2.64. The van der Waals surface area contributed by atoms with Crippen LogP contribution in [0, 0.1) is 0 Å². The zero-order chi connectivity index (χ0) is 8.32. The highest BCUT2D eigenvalue weighted by atomic mass is 32.1. The van der Waals surface area contributed by atoms with Crippen LogP contribution in [-0.4, -0.2) is 36.5 Å². The van der Waals surface area contributed by atoms with Gasteiger partial charge in [0.05, 0.1) is 0 Å². The lowest BCUT2D eigenvalue weighted by molar-refractivity contribution is 0.0565. The molecule has 1 nitrogen and oxygen atoms in total. The Kier molecular flexibility index (Phi) is 3.19. The number of hydrogen-bond donors (Lipinski definition) is 1. The van der Waals surface area contributed by atoms with Crippen LogP contribution in [0.15, 0.2) is 0 Å². The molecule has 0 aromatic carbocycles. The molecule has 3 heteroatoms. The minimum Gasteiger partial charge on any atom is -0.303 e. The summed E-state index contributed by atoms with van der Waals surface area (Å²) in [5.41, 5.74) is -0.950. The maximum Gasteiger partial charge on any atom is 0.124 e. The molecule has 1 atom stereocenters. The Bertz CT molecular complexity index is 127. The van der Waals surface area contributed by atoms with Crippen molar-refractivity contribution in [3.05, 3.63) is 0 Å². The Labute approximate surface area is 73.4 Å². The molecular weight excluding hydrogens is 161 g/mol. The van der Waals surface area contributed by atoms with Crippen LogP contribution in [0.2, 0.25) is 0 Å². The summed E-state index contributed by atoms with van der Waals surface area (Å²) in [5.74, 6) is 0.657. The van der Waals surface area contributed by atoms with E-state index in [0.29, 0.717) is 18.7 Å². The average Bonchev–Trinajstić information content (AvgIpc) is 1.86. The minimum atomic E-state index is -0.950. The van der Waals surface area contributed by atoms with Crippen molar-refractivity contribution >= 4 is 12.6 Å². The molecule has 66 valence electrons. The van der Waals surface area contributed by atoms with Gasteiger partial charge in [0.15, 0.2) is 0 Å². The lowest BCUT2D eigenvalue weighted by Gasteiger charge is -2.34. The molecule has 0 saturated carbocycles. The quantitative estimate of drug-likeness (QED) is 0.629. The first-order valence-electron chi connectivity index (χ1n) is 4.15. The predicted molar refractivity (Wildman–Crippen MR) is 49.0 cm³/mol. The molecule has 1 rings (SSSR count). The zero-order valence-corrected chi connectivity index (χ0v) is 7.91. The molecule has 11 heavy (non-hydrogen) atoms. The summed E-state index contributed by atoms with van der Waals surface area (Å²) in [7, 11) is 1.98. The molecule has 0 spiro atoms. The number of nitrogens with zero attached hydrogens (tertiary/aromatic N) is 1. The van der Waals surface area contributed by atoms with E-state index in [1.54, 1.807) is 0 Å². The average molecular weight is 177 g/mol.